The normalized spacial score (nSPS) is 24.0. The second-order valence-corrected chi connectivity index (χ2v) is 17.8. The van der Waals surface area contributed by atoms with Crippen LogP contribution in [0.15, 0.2) is 49.1 Å². The van der Waals surface area contributed by atoms with E-state index in [2.05, 4.69) is 79.6 Å². The maximum Gasteiger partial charge on any atom is 0.240 e. The third-order valence-corrected chi connectivity index (χ3v) is 13.2. The fourth-order valence-electron chi connectivity index (χ4n) is 9.93. The smallest absolute Gasteiger partial charge is 0.240 e. The highest BCUT2D eigenvalue weighted by atomic mass is 16.5. The molecule has 2 amide bonds. The second kappa shape index (κ2) is 19.1. The maximum absolute atomic E-state index is 13.1. The number of fused-ring (bicyclic) bond motifs is 2. The lowest BCUT2D eigenvalue weighted by molar-refractivity contribution is -0.135. The van der Waals surface area contributed by atoms with E-state index in [1.165, 1.54) is 11.1 Å². The van der Waals surface area contributed by atoms with Crippen molar-refractivity contribution in [2.75, 3.05) is 80.7 Å². The van der Waals surface area contributed by atoms with Gasteiger partial charge in [0.1, 0.15) is 11.0 Å². The van der Waals surface area contributed by atoms with E-state index >= 15 is 0 Å². The molecule has 4 atom stereocenters. The Kier molecular flexibility index (Phi) is 13.7. The Labute approximate surface area is 344 Å². The fraction of sp³-hybridized carbons (Fsp3) is 0.609. The zero-order valence-corrected chi connectivity index (χ0v) is 35.6. The summed E-state index contributed by atoms with van der Waals surface area (Å²) in [6, 6.07) is 8.10. The van der Waals surface area contributed by atoms with Gasteiger partial charge in [-0.15, -0.1) is 0 Å². The van der Waals surface area contributed by atoms with Crippen molar-refractivity contribution in [3.63, 3.8) is 0 Å². The summed E-state index contributed by atoms with van der Waals surface area (Å²) in [6.45, 7) is 12.2. The SMILES string of the molecule is COc1ncc([C@@H]2C[C@@H](C)CN(C(=O)CC3CCN(C)CC3)C2)c2cccnc12.COc1ncc([C@H]2C[C@@H](C)CN(C(=O)CC3CCN(C)CC3)C2)c2cccnc12. The van der Waals surface area contributed by atoms with Crippen molar-refractivity contribution < 1.29 is 19.1 Å². The van der Waals surface area contributed by atoms with Crippen molar-refractivity contribution in [3.8, 4) is 11.8 Å². The van der Waals surface area contributed by atoms with Gasteiger partial charge in [0.2, 0.25) is 23.6 Å². The minimum Gasteiger partial charge on any atom is -0.479 e. The van der Waals surface area contributed by atoms with E-state index in [1.54, 1.807) is 26.6 Å². The van der Waals surface area contributed by atoms with Crippen LogP contribution in [0, 0.1) is 23.7 Å². The molecule has 0 saturated carbocycles. The molecule has 4 aliphatic rings. The fourth-order valence-corrected chi connectivity index (χ4v) is 9.93. The van der Waals surface area contributed by atoms with Crippen LogP contribution >= 0.6 is 0 Å². The number of hydrogen-bond acceptors (Lipinski definition) is 10. The van der Waals surface area contributed by atoms with Gasteiger partial charge in [0.05, 0.1) is 14.2 Å². The number of carbonyl (C=O) groups is 2. The van der Waals surface area contributed by atoms with Crippen LogP contribution in [0.5, 0.6) is 11.8 Å². The molecule has 312 valence electrons. The molecule has 0 bridgehead atoms. The van der Waals surface area contributed by atoms with Crippen molar-refractivity contribution in [3.05, 3.63) is 60.2 Å². The lowest BCUT2D eigenvalue weighted by Gasteiger charge is -2.38. The summed E-state index contributed by atoms with van der Waals surface area (Å²) < 4.78 is 10.8. The molecule has 4 aromatic heterocycles. The first-order valence-corrected chi connectivity index (χ1v) is 21.6. The Morgan fingerprint density at radius 3 is 1.40 bits per heavy atom. The minimum atomic E-state index is 0.283. The van der Waals surface area contributed by atoms with Gasteiger partial charge in [0.25, 0.3) is 0 Å². The molecule has 0 N–H and O–H groups in total. The Morgan fingerprint density at radius 2 is 1.02 bits per heavy atom. The number of methoxy groups -OCH3 is 2. The topological polar surface area (TPSA) is 117 Å². The highest BCUT2D eigenvalue weighted by molar-refractivity contribution is 5.87. The Morgan fingerprint density at radius 1 is 0.621 bits per heavy atom. The third-order valence-electron chi connectivity index (χ3n) is 13.2. The second-order valence-electron chi connectivity index (χ2n) is 17.8. The average molecular weight is 793 g/mol. The van der Waals surface area contributed by atoms with Gasteiger partial charge in [-0.25, -0.2) is 9.97 Å². The maximum atomic E-state index is 13.1. The van der Waals surface area contributed by atoms with Crippen LogP contribution < -0.4 is 9.47 Å². The van der Waals surface area contributed by atoms with Crippen LogP contribution in [0.1, 0.15) is 88.2 Å². The summed E-state index contributed by atoms with van der Waals surface area (Å²) in [5.41, 5.74) is 3.96. The molecule has 0 spiro atoms. The van der Waals surface area contributed by atoms with Crippen LogP contribution in [-0.2, 0) is 9.59 Å². The zero-order valence-electron chi connectivity index (χ0n) is 35.6. The summed E-state index contributed by atoms with van der Waals surface area (Å²) in [4.78, 5) is 53.1. The molecule has 8 rings (SSSR count). The van der Waals surface area contributed by atoms with Crippen molar-refractivity contribution >= 4 is 33.6 Å². The van der Waals surface area contributed by atoms with Crippen LogP contribution in [0.2, 0.25) is 0 Å². The number of hydrogen-bond donors (Lipinski definition) is 0. The molecule has 4 saturated heterocycles. The lowest BCUT2D eigenvalue weighted by atomic mass is 9.84. The molecule has 12 heteroatoms. The number of amides is 2. The van der Waals surface area contributed by atoms with Crippen molar-refractivity contribution in [1.29, 1.82) is 0 Å². The first-order chi connectivity index (χ1) is 28.1. The molecular formula is C46H64N8O4. The van der Waals surface area contributed by atoms with Gasteiger partial charge in [-0.1, -0.05) is 26.0 Å². The molecule has 12 nitrogen and oxygen atoms in total. The van der Waals surface area contributed by atoms with Gasteiger partial charge in [0.15, 0.2) is 0 Å². The number of piperidine rings is 4. The molecular weight excluding hydrogens is 729 g/mol. The molecule has 8 heterocycles. The van der Waals surface area contributed by atoms with Crippen LogP contribution in [0.3, 0.4) is 0 Å². The van der Waals surface area contributed by atoms with Crippen LogP contribution in [-0.4, -0.2) is 132 Å². The molecule has 58 heavy (non-hydrogen) atoms. The van der Waals surface area contributed by atoms with E-state index in [-0.39, 0.29) is 11.8 Å². The predicted octanol–water partition coefficient (Wildman–Crippen LogP) is 6.64. The van der Waals surface area contributed by atoms with Crippen LogP contribution in [0.4, 0.5) is 0 Å². The molecule has 4 fully saturated rings. The minimum absolute atomic E-state index is 0.283. The monoisotopic (exact) mass is 793 g/mol. The lowest BCUT2D eigenvalue weighted by Crippen LogP contribution is -2.43. The Balaban J connectivity index is 0.000000177. The van der Waals surface area contributed by atoms with E-state index < -0.39 is 0 Å². The summed E-state index contributed by atoms with van der Waals surface area (Å²) in [7, 11) is 7.58. The first-order valence-electron chi connectivity index (χ1n) is 21.6. The van der Waals surface area contributed by atoms with E-state index in [0.29, 0.717) is 60.1 Å². The number of nitrogens with zero attached hydrogens (tertiary/aromatic N) is 8. The zero-order chi connectivity index (χ0) is 40.8. The Hall–Kier alpha value is -4.42. The number of aromatic nitrogens is 4. The first kappa shape index (κ1) is 41.7. The summed E-state index contributed by atoms with van der Waals surface area (Å²) >= 11 is 0. The average Bonchev–Trinajstić information content (AvgIpc) is 3.24. The summed E-state index contributed by atoms with van der Waals surface area (Å²) in [5, 5.41) is 2.17. The highest BCUT2D eigenvalue weighted by Gasteiger charge is 2.33. The largest absolute Gasteiger partial charge is 0.479 e. The van der Waals surface area contributed by atoms with Gasteiger partial charge in [0, 0.05) is 86.4 Å². The summed E-state index contributed by atoms with van der Waals surface area (Å²) in [5.74, 6) is 4.33. The molecule has 0 unspecified atom stereocenters. The molecule has 4 aliphatic heterocycles. The quantitative estimate of drug-likeness (QED) is 0.192. The Bertz CT molecular complexity index is 1870. The van der Waals surface area contributed by atoms with Crippen molar-refractivity contribution in [2.45, 2.75) is 77.0 Å². The van der Waals surface area contributed by atoms with Gasteiger partial charge >= 0.3 is 0 Å². The van der Waals surface area contributed by atoms with Gasteiger partial charge in [-0.05, 0) is 126 Å². The molecule has 0 radical (unpaired) electrons. The molecule has 0 aromatic carbocycles. The van der Waals surface area contributed by atoms with E-state index in [0.717, 1.165) is 113 Å². The van der Waals surface area contributed by atoms with E-state index in [9.17, 15) is 9.59 Å². The molecule has 0 aliphatic carbocycles. The number of carbonyl (C=O) groups excluding carboxylic acids is 2. The van der Waals surface area contributed by atoms with Gasteiger partial charge in [-0.2, -0.15) is 0 Å². The number of ether oxygens (including phenoxy) is 2. The number of likely N-dealkylation sites (tertiary alicyclic amines) is 4. The van der Waals surface area contributed by atoms with Crippen LogP contribution in [0.25, 0.3) is 21.8 Å². The van der Waals surface area contributed by atoms with Gasteiger partial charge < -0.3 is 29.1 Å². The number of rotatable bonds is 8. The van der Waals surface area contributed by atoms with Crippen molar-refractivity contribution in [1.82, 2.24) is 39.5 Å². The van der Waals surface area contributed by atoms with Crippen molar-refractivity contribution in [2.24, 2.45) is 23.7 Å². The van der Waals surface area contributed by atoms with Gasteiger partial charge in [-0.3, -0.25) is 19.6 Å². The standard InChI is InChI=1S/2C23H32N4O2/c2*1-16-11-18(20-13-25-23(29-3)22-19(20)5-4-8-24-22)15-27(14-16)21(28)12-17-6-9-26(2)10-7-17/h2*4-5,8,13,16-18H,6-7,9-12,14-15H2,1-3H3/t16-,18+;16-,18-/m11/s1. The predicted molar refractivity (Wildman–Crippen MR) is 228 cm³/mol. The van der Waals surface area contributed by atoms with E-state index in [1.807, 2.05) is 24.5 Å². The van der Waals surface area contributed by atoms with E-state index in [4.69, 9.17) is 9.47 Å². The third kappa shape index (κ3) is 9.88. The summed E-state index contributed by atoms with van der Waals surface area (Å²) in [6.07, 6.45) is 15.4. The highest BCUT2D eigenvalue weighted by Crippen LogP contribution is 2.38. The number of pyridine rings is 4. The molecule has 4 aromatic rings.